The number of aromatic amines is 1. The van der Waals surface area contributed by atoms with Crippen molar-refractivity contribution in [1.29, 1.82) is 0 Å². The number of carbonyl (C=O) groups is 2. The van der Waals surface area contributed by atoms with Gasteiger partial charge in [-0.15, -0.1) is 0 Å². The van der Waals surface area contributed by atoms with Gasteiger partial charge in [-0.1, -0.05) is 60.7 Å². The minimum Gasteiger partial charge on any atom is -0.356 e. The number of rotatable bonds is 5. The molecule has 4 aromatic rings. The molecule has 0 unspecified atom stereocenters. The van der Waals surface area contributed by atoms with Gasteiger partial charge in [-0.3, -0.25) is 19.7 Å². The van der Waals surface area contributed by atoms with Crippen LogP contribution in [-0.2, 0) is 22.4 Å². The smallest absolute Gasteiger partial charge is 0.269 e. The first-order valence-corrected chi connectivity index (χ1v) is 12.0. The first kappa shape index (κ1) is 22.0. The Morgan fingerprint density at radius 3 is 2.56 bits per heavy atom. The van der Waals surface area contributed by atoms with Gasteiger partial charge in [-0.2, -0.15) is 0 Å². The van der Waals surface area contributed by atoms with Gasteiger partial charge in [0, 0.05) is 41.7 Å². The molecule has 1 aromatic heterocycles. The molecule has 2 atom stereocenters. The number of nitrogens with zero attached hydrogens (tertiary/aromatic N) is 3. The molecule has 3 heterocycles. The molecule has 0 radical (unpaired) electrons. The molecule has 36 heavy (non-hydrogen) atoms. The van der Waals surface area contributed by atoms with Crippen LogP contribution >= 0.6 is 0 Å². The summed E-state index contributed by atoms with van der Waals surface area (Å²) in [5.74, 6) is -0.245. The molecule has 3 aromatic carbocycles. The fourth-order valence-electron chi connectivity index (χ4n) is 5.58. The Bertz CT molecular complexity index is 1500. The standard InChI is InChI=1S/C28H24N4O4/c33-25-17-30(14-13-18-7-2-1-3-8-18)28(34)24-16-22-21-11-4-5-12-23(21)29-26(22)27(31(24)25)19-9-6-10-20(15-19)32(35)36/h1-12,15,24,27,29H,13-14,16-17H2/t24-,27+/m1/s1. The summed E-state index contributed by atoms with van der Waals surface area (Å²) in [6, 6.07) is 22.8. The van der Waals surface area contributed by atoms with E-state index in [-0.39, 0.29) is 24.0 Å². The Hall–Kier alpha value is -4.46. The van der Waals surface area contributed by atoms with Crippen molar-refractivity contribution >= 4 is 28.4 Å². The monoisotopic (exact) mass is 480 g/mol. The predicted molar refractivity (Wildman–Crippen MR) is 134 cm³/mol. The molecule has 1 fully saturated rings. The van der Waals surface area contributed by atoms with Crippen LogP contribution in [0.15, 0.2) is 78.9 Å². The zero-order valence-electron chi connectivity index (χ0n) is 19.5. The maximum absolute atomic E-state index is 13.8. The first-order chi connectivity index (χ1) is 17.5. The number of carbonyl (C=O) groups excluding carboxylic acids is 2. The van der Waals surface area contributed by atoms with Crippen molar-refractivity contribution in [3.8, 4) is 0 Å². The minimum atomic E-state index is -0.669. The molecule has 6 rings (SSSR count). The number of aromatic nitrogens is 1. The molecule has 8 heteroatoms. The van der Waals surface area contributed by atoms with E-state index in [0.717, 1.165) is 27.7 Å². The van der Waals surface area contributed by atoms with Crippen molar-refractivity contribution in [1.82, 2.24) is 14.8 Å². The number of hydrogen-bond acceptors (Lipinski definition) is 4. The Kier molecular flexibility index (Phi) is 5.29. The van der Waals surface area contributed by atoms with Gasteiger partial charge in [-0.25, -0.2) is 0 Å². The molecule has 180 valence electrons. The van der Waals surface area contributed by atoms with E-state index in [0.29, 0.717) is 24.9 Å². The van der Waals surface area contributed by atoms with Crippen LogP contribution in [0.1, 0.15) is 28.4 Å². The van der Waals surface area contributed by atoms with E-state index < -0.39 is 17.0 Å². The summed E-state index contributed by atoms with van der Waals surface area (Å²) in [6.07, 6.45) is 1.07. The number of nitro benzene ring substituents is 1. The molecule has 8 nitrogen and oxygen atoms in total. The average Bonchev–Trinajstić information content (AvgIpc) is 3.28. The van der Waals surface area contributed by atoms with Crippen LogP contribution in [0, 0.1) is 10.1 Å². The van der Waals surface area contributed by atoms with Gasteiger partial charge in [0.2, 0.25) is 11.8 Å². The quantitative estimate of drug-likeness (QED) is 0.345. The van der Waals surface area contributed by atoms with Gasteiger partial charge in [-0.05, 0) is 29.2 Å². The molecule has 0 spiro atoms. The maximum atomic E-state index is 13.8. The average molecular weight is 481 g/mol. The summed E-state index contributed by atoms with van der Waals surface area (Å²) < 4.78 is 0. The van der Waals surface area contributed by atoms with E-state index in [2.05, 4.69) is 4.98 Å². The van der Waals surface area contributed by atoms with Gasteiger partial charge in [0.15, 0.2) is 0 Å². The lowest BCUT2D eigenvalue weighted by atomic mass is 9.86. The molecule has 2 amide bonds. The van der Waals surface area contributed by atoms with Crippen LogP contribution in [-0.4, -0.2) is 50.7 Å². The van der Waals surface area contributed by atoms with Gasteiger partial charge in [0.25, 0.3) is 5.69 Å². The number of H-pyrrole nitrogens is 1. The lowest BCUT2D eigenvalue weighted by molar-refractivity contribution is -0.384. The molecule has 2 aliphatic rings. The molecule has 0 bridgehead atoms. The highest BCUT2D eigenvalue weighted by Crippen LogP contribution is 2.43. The molecule has 1 N–H and O–H groups in total. The first-order valence-electron chi connectivity index (χ1n) is 12.0. The number of benzene rings is 3. The van der Waals surface area contributed by atoms with Crippen molar-refractivity contribution in [3.05, 3.63) is 111 Å². The Morgan fingerprint density at radius 1 is 0.972 bits per heavy atom. The Balaban J connectivity index is 1.42. The highest BCUT2D eigenvalue weighted by molar-refractivity contribution is 5.97. The molecule has 0 aliphatic carbocycles. The van der Waals surface area contributed by atoms with Crippen LogP contribution in [0.2, 0.25) is 0 Å². The molecular weight excluding hydrogens is 456 g/mol. The third-order valence-corrected chi connectivity index (χ3v) is 7.25. The topological polar surface area (TPSA) is 99.5 Å². The number of fused-ring (bicyclic) bond motifs is 4. The van der Waals surface area contributed by atoms with Crippen molar-refractivity contribution in [2.24, 2.45) is 0 Å². The fourth-order valence-corrected chi connectivity index (χ4v) is 5.58. The van der Waals surface area contributed by atoms with E-state index >= 15 is 0 Å². The van der Waals surface area contributed by atoms with Gasteiger partial charge in [0.1, 0.15) is 6.04 Å². The third-order valence-electron chi connectivity index (χ3n) is 7.25. The number of amides is 2. The zero-order valence-corrected chi connectivity index (χ0v) is 19.5. The number of hydrogen-bond donors (Lipinski definition) is 1. The second-order valence-corrected chi connectivity index (χ2v) is 9.33. The van der Waals surface area contributed by atoms with E-state index in [1.54, 1.807) is 21.9 Å². The lowest BCUT2D eigenvalue weighted by Crippen LogP contribution is -2.63. The van der Waals surface area contributed by atoms with Crippen molar-refractivity contribution in [2.75, 3.05) is 13.1 Å². The fraction of sp³-hybridized carbons (Fsp3) is 0.214. The Labute approximate surface area is 207 Å². The molecular formula is C28H24N4O4. The van der Waals surface area contributed by atoms with Crippen LogP contribution in [0.25, 0.3) is 10.9 Å². The molecule has 1 saturated heterocycles. The third kappa shape index (κ3) is 3.62. The van der Waals surface area contributed by atoms with Crippen molar-refractivity contribution in [2.45, 2.75) is 24.9 Å². The van der Waals surface area contributed by atoms with Gasteiger partial charge < -0.3 is 14.8 Å². The second-order valence-electron chi connectivity index (χ2n) is 9.33. The minimum absolute atomic E-state index is 0.0108. The Morgan fingerprint density at radius 2 is 1.75 bits per heavy atom. The van der Waals surface area contributed by atoms with E-state index in [4.69, 9.17) is 0 Å². The summed E-state index contributed by atoms with van der Waals surface area (Å²) in [5.41, 5.74) is 4.38. The highest BCUT2D eigenvalue weighted by atomic mass is 16.6. The van der Waals surface area contributed by atoms with Crippen molar-refractivity contribution in [3.63, 3.8) is 0 Å². The van der Waals surface area contributed by atoms with Crippen LogP contribution in [0.4, 0.5) is 5.69 Å². The van der Waals surface area contributed by atoms with Crippen LogP contribution in [0.3, 0.4) is 0 Å². The number of non-ortho nitro benzene ring substituents is 1. The zero-order chi connectivity index (χ0) is 24.8. The van der Waals surface area contributed by atoms with Gasteiger partial charge >= 0.3 is 0 Å². The number of nitro groups is 1. The SMILES string of the molecule is O=C1[C@H]2Cc3c([nH]c4ccccc34)[C@H](c3cccc([N+](=O)[O-])c3)N2C(=O)CN1CCc1ccccc1. The normalized spacial score (nSPS) is 19.3. The molecule has 2 aliphatic heterocycles. The predicted octanol–water partition coefficient (Wildman–Crippen LogP) is 4.00. The lowest BCUT2D eigenvalue weighted by Gasteiger charge is -2.47. The summed E-state index contributed by atoms with van der Waals surface area (Å²) in [5, 5.41) is 12.5. The number of para-hydroxylation sites is 1. The highest BCUT2D eigenvalue weighted by Gasteiger charge is 2.48. The van der Waals surface area contributed by atoms with Crippen LogP contribution in [0.5, 0.6) is 0 Å². The van der Waals surface area contributed by atoms with E-state index in [1.807, 2.05) is 54.6 Å². The number of piperazine rings is 1. The number of nitrogens with one attached hydrogen (secondary N) is 1. The van der Waals surface area contributed by atoms with Crippen molar-refractivity contribution < 1.29 is 14.5 Å². The maximum Gasteiger partial charge on any atom is 0.269 e. The van der Waals surface area contributed by atoms with E-state index in [9.17, 15) is 19.7 Å². The summed E-state index contributed by atoms with van der Waals surface area (Å²) in [7, 11) is 0. The summed E-state index contributed by atoms with van der Waals surface area (Å²) in [6.45, 7) is 0.449. The summed E-state index contributed by atoms with van der Waals surface area (Å²) in [4.78, 5) is 45.2. The van der Waals surface area contributed by atoms with E-state index in [1.165, 1.54) is 12.1 Å². The molecule has 0 saturated carbocycles. The second kappa shape index (κ2) is 8.64. The summed E-state index contributed by atoms with van der Waals surface area (Å²) >= 11 is 0. The van der Waals surface area contributed by atoms with Gasteiger partial charge in [0.05, 0.1) is 17.5 Å². The largest absolute Gasteiger partial charge is 0.356 e. The van der Waals surface area contributed by atoms with Crippen LogP contribution < -0.4 is 0 Å².